The minimum Gasteiger partial charge on any atom is -0.369 e. The van der Waals surface area contributed by atoms with E-state index in [-0.39, 0.29) is 0 Å². The SMILES string of the molecule is C=C/C(C#N)=C(\C=C/C)c1ccc2cc(N3CCN(C)CC3)ccc2c1. The van der Waals surface area contributed by atoms with Crippen LogP contribution in [-0.4, -0.2) is 38.1 Å². The van der Waals surface area contributed by atoms with Crippen LogP contribution >= 0.6 is 0 Å². The second-order valence-corrected chi connectivity index (χ2v) is 6.68. The van der Waals surface area contributed by atoms with Gasteiger partial charge in [-0.05, 0) is 54.1 Å². The summed E-state index contributed by atoms with van der Waals surface area (Å²) in [6.07, 6.45) is 5.55. The molecule has 0 unspecified atom stereocenters. The topological polar surface area (TPSA) is 30.3 Å². The summed E-state index contributed by atoms with van der Waals surface area (Å²) in [4.78, 5) is 4.81. The largest absolute Gasteiger partial charge is 0.369 e. The summed E-state index contributed by atoms with van der Waals surface area (Å²) < 4.78 is 0. The average molecular weight is 343 g/mol. The van der Waals surface area contributed by atoms with Gasteiger partial charge >= 0.3 is 0 Å². The van der Waals surface area contributed by atoms with Gasteiger partial charge in [0.15, 0.2) is 0 Å². The number of piperazine rings is 1. The van der Waals surface area contributed by atoms with E-state index in [1.807, 2.05) is 19.1 Å². The van der Waals surface area contributed by atoms with E-state index in [0.717, 1.165) is 37.3 Å². The second kappa shape index (κ2) is 8.03. The molecule has 0 N–H and O–H groups in total. The maximum Gasteiger partial charge on any atom is 0.0997 e. The highest BCUT2D eigenvalue weighted by Crippen LogP contribution is 2.28. The van der Waals surface area contributed by atoms with E-state index in [0.29, 0.717) is 5.57 Å². The van der Waals surface area contributed by atoms with Crippen LogP contribution in [0.25, 0.3) is 16.3 Å². The minimum absolute atomic E-state index is 0.594. The smallest absolute Gasteiger partial charge is 0.0997 e. The molecule has 1 aliphatic heterocycles. The molecule has 3 rings (SSSR count). The third-order valence-electron chi connectivity index (χ3n) is 4.95. The number of fused-ring (bicyclic) bond motifs is 1. The van der Waals surface area contributed by atoms with Crippen molar-refractivity contribution in [2.75, 3.05) is 38.1 Å². The first-order chi connectivity index (χ1) is 12.7. The summed E-state index contributed by atoms with van der Waals surface area (Å²) in [5, 5.41) is 11.8. The van der Waals surface area contributed by atoms with Crippen LogP contribution in [0.5, 0.6) is 0 Å². The molecule has 2 aromatic rings. The standard InChI is InChI=1S/C23H25N3/c1-4-6-23(18(5-2)17-24)21-8-7-20-16-22(10-9-19(20)15-21)26-13-11-25(3)12-14-26/h4-10,15-16H,2,11-14H2,1,3H3/b6-4-,23-18-. The Morgan fingerprint density at radius 1 is 1.08 bits per heavy atom. The van der Waals surface area contributed by atoms with E-state index < -0.39 is 0 Å². The molecule has 0 atom stereocenters. The van der Waals surface area contributed by atoms with Crippen LogP contribution in [0.3, 0.4) is 0 Å². The molecule has 0 saturated carbocycles. The van der Waals surface area contributed by atoms with E-state index in [1.54, 1.807) is 6.08 Å². The lowest BCUT2D eigenvalue weighted by Gasteiger charge is -2.34. The molecule has 3 nitrogen and oxygen atoms in total. The number of hydrogen-bond donors (Lipinski definition) is 0. The molecule has 0 spiro atoms. The van der Waals surface area contributed by atoms with Crippen LogP contribution in [-0.2, 0) is 0 Å². The Balaban J connectivity index is 1.98. The normalized spacial score (nSPS) is 16.6. The fraction of sp³-hybridized carbons (Fsp3) is 0.261. The van der Waals surface area contributed by atoms with E-state index >= 15 is 0 Å². The van der Waals surface area contributed by atoms with E-state index in [9.17, 15) is 5.26 Å². The van der Waals surface area contributed by atoms with Crippen molar-refractivity contribution in [3.63, 3.8) is 0 Å². The van der Waals surface area contributed by atoms with Gasteiger partial charge in [0.2, 0.25) is 0 Å². The van der Waals surface area contributed by atoms with Crippen molar-refractivity contribution in [1.82, 2.24) is 4.90 Å². The zero-order valence-corrected chi connectivity index (χ0v) is 15.6. The third kappa shape index (κ3) is 3.71. The zero-order valence-electron chi connectivity index (χ0n) is 15.6. The third-order valence-corrected chi connectivity index (χ3v) is 4.95. The number of allylic oxidation sites excluding steroid dienone is 5. The van der Waals surface area contributed by atoms with Crippen molar-refractivity contribution >= 4 is 22.0 Å². The molecule has 1 saturated heterocycles. The average Bonchev–Trinajstić information content (AvgIpc) is 2.68. The maximum absolute atomic E-state index is 9.37. The van der Waals surface area contributed by atoms with Crippen LogP contribution < -0.4 is 4.90 Å². The van der Waals surface area contributed by atoms with Crippen LogP contribution in [0, 0.1) is 11.3 Å². The Hall–Kier alpha value is -2.83. The highest BCUT2D eigenvalue weighted by atomic mass is 15.2. The molecule has 0 radical (unpaired) electrons. The highest BCUT2D eigenvalue weighted by molar-refractivity contribution is 5.91. The van der Waals surface area contributed by atoms with Crippen LogP contribution in [0.1, 0.15) is 12.5 Å². The second-order valence-electron chi connectivity index (χ2n) is 6.68. The molecule has 1 fully saturated rings. The summed E-state index contributed by atoms with van der Waals surface area (Å²) in [5.74, 6) is 0. The minimum atomic E-state index is 0.594. The predicted molar refractivity (Wildman–Crippen MR) is 111 cm³/mol. The molecular formula is C23H25N3. The highest BCUT2D eigenvalue weighted by Gasteiger charge is 2.14. The van der Waals surface area contributed by atoms with Crippen molar-refractivity contribution in [3.05, 3.63) is 72.3 Å². The van der Waals surface area contributed by atoms with E-state index in [1.165, 1.54) is 16.5 Å². The summed E-state index contributed by atoms with van der Waals surface area (Å²) in [5.41, 5.74) is 3.83. The summed E-state index contributed by atoms with van der Waals surface area (Å²) >= 11 is 0. The molecule has 0 bridgehead atoms. The molecule has 132 valence electrons. The van der Waals surface area contributed by atoms with Gasteiger partial charge in [-0.1, -0.05) is 43.0 Å². The number of nitriles is 1. The number of nitrogens with zero attached hydrogens (tertiary/aromatic N) is 3. The maximum atomic E-state index is 9.37. The van der Waals surface area contributed by atoms with Gasteiger partial charge in [0, 0.05) is 31.9 Å². The summed E-state index contributed by atoms with van der Waals surface area (Å²) in [7, 11) is 2.17. The van der Waals surface area contributed by atoms with Gasteiger partial charge in [0.1, 0.15) is 0 Å². The van der Waals surface area contributed by atoms with Gasteiger partial charge in [0.25, 0.3) is 0 Å². The predicted octanol–water partition coefficient (Wildman–Crippen LogP) is 4.63. The molecule has 26 heavy (non-hydrogen) atoms. The number of hydrogen-bond acceptors (Lipinski definition) is 3. The van der Waals surface area contributed by atoms with Crippen molar-refractivity contribution in [1.29, 1.82) is 5.26 Å². The molecule has 1 heterocycles. The fourth-order valence-corrected chi connectivity index (χ4v) is 3.39. The van der Waals surface area contributed by atoms with Crippen LogP contribution in [0.2, 0.25) is 0 Å². The van der Waals surface area contributed by atoms with Crippen molar-refractivity contribution in [2.24, 2.45) is 0 Å². The van der Waals surface area contributed by atoms with Crippen LogP contribution in [0.4, 0.5) is 5.69 Å². The Bertz CT molecular complexity index is 907. The molecule has 1 aliphatic rings. The molecule has 2 aromatic carbocycles. The van der Waals surface area contributed by atoms with Crippen LogP contribution in [0.15, 0.2) is 66.8 Å². The molecule has 3 heteroatoms. The first-order valence-electron chi connectivity index (χ1n) is 9.03. The fourth-order valence-electron chi connectivity index (χ4n) is 3.39. The Morgan fingerprint density at radius 2 is 1.77 bits per heavy atom. The summed E-state index contributed by atoms with van der Waals surface area (Å²) in [6, 6.07) is 15.3. The van der Waals surface area contributed by atoms with E-state index in [2.05, 4.69) is 65.9 Å². The molecule has 0 aromatic heterocycles. The molecule has 0 amide bonds. The number of benzene rings is 2. The lowest BCUT2D eigenvalue weighted by molar-refractivity contribution is 0.313. The lowest BCUT2D eigenvalue weighted by Crippen LogP contribution is -2.44. The van der Waals surface area contributed by atoms with E-state index in [4.69, 9.17) is 0 Å². The van der Waals surface area contributed by atoms with Gasteiger partial charge in [-0.3, -0.25) is 0 Å². The van der Waals surface area contributed by atoms with Crippen molar-refractivity contribution in [2.45, 2.75) is 6.92 Å². The zero-order chi connectivity index (χ0) is 18.5. The van der Waals surface area contributed by atoms with Crippen molar-refractivity contribution < 1.29 is 0 Å². The van der Waals surface area contributed by atoms with Gasteiger partial charge in [-0.25, -0.2) is 0 Å². The Labute approximate surface area is 156 Å². The molecular weight excluding hydrogens is 318 g/mol. The monoisotopic (exact) mass is 343 g/mol. The van der Waals surface area contributed by atoms with Crippen molar-refractivity contribution in [3.8, 4) is 6.07 Å². The lowest BCUT2D eigenvalue weighted by atomic mass is 9.96. The molecule has 0 aliphatic carbocycles. The number of rotatable bonds is 4. The quantitative estimate of drug-likeness (QED) is 0.599. The van der Waals surface area contributed by atoms with Gasteiger partial charge in [0.05, 0.1) is 11.6 Å². The number of anilines is 1. The Kier molecular flexibility index (Phi) is 5.55. The first-order valence-corrected chi connectivity index (χ1v) is 9.03. The van der Waals surface area contributed by atoms with Gasteiger partial charge in [-0.2, -0.15) is 5.26 Å². The first kappa shape index (κ1) is 18.0. The number of likely N-dealkylation sites (N-methyl/N-ethyl adjacent to an activating group) is 1. The van der Waals surface area contributed by atoms with Gasteiger partial charge in [-0.15, -0.1) is 0 Å². The summed E-state index contributed by atoms with van der Waals surface area (Å²) in [6.45, 7) is 10.1. The Morgan fingerprint density at radius 3 is 2.42 bits per heavy atom. The van der Waals surface area contributed by atoms with Gasteiger partial charge < -0.3 is 9.80 Å².